The summed E-state index contributed by atoms with van der Waals surface area (Å²) in [5.74, 6) is -0.512. The molecule has 26 heavy (non-hydrogen) atoms. The van der Waals surface area contributed by atoms with E-state index in [-0.39, 0.29) is 18.3 Å². The minimum atomic E-state index is -0.501. The van der Waals surface area contributed by atoms with Gasteiger partial charge in [0.1, 0.15) is 5.82 Å². The number of halogens is 1. The molecule has 1 atom stereocenters. The van der Waals surface area contributed by atoms with E-state index >= 15 is 0 Å². The van der Waals surface area contributed by atoms with Gasteiger partial charge >= 0.3 is 0 Å². The van der Waals surface area contributed by atoms with Crippen LogP contribution < -0.4 is 5.32 Å². The first-order chi connectivity index (χ1) is 12.6. The third-order valence-corrected chi connectivity index (χ3v) is 4.56. The number of nitrogens with one attached hydrogen (secondary N) is 1. The van der Waals surface area contributed by atoms with E-state index in [0.29, 0.717) is 12.2 Å². The summed E-state index contributed by atoms with van der Waals surface area (Å²) in [6.07, 6.45) is -0.501. The average molecular weight is 357 g/mol. The molecule has 1 saturated heterocycles. The number of carbonyl (C=O) groups is 1. The van der Waals surface area contributed by atoms with Gasteiger partial charge in [-0.05, 0) is 23.8 Å². The summed E-state index contributed by atoms with van der Waals surface area (Å²) in [6.45, 7) is 4.00. The molecular formula is C20H24FN3O2. The fourth-order valence-electron chi connectivity index (χ4n) is 3.12. The second kappa shape index (κ2) is 8.89. The molecule has 0 bridgehead atoms. The van der Waals surface area contributed by atoms with Crippen molar-refractivity contribution in [3.05, 3.63) is 66.0 Å². The lowest BCUT2D eigenvalue weighted by molar-refractivity contribution is -0.117. The van der Waals surface area contributed by atoms with Crippen molar-refractivity contribution in [2.24, 2.45) is 0 Å². The number of carbonyl (C=O) groups excluding carboxylic acids is 1. The lowest BCUT2D eigenvalue weighted by Crippen LogP contribution is -2.49. The fraction of sp³-hybridized carbons (Fsp3) is 0.350. The van der Waals surface area contributed by atoms with Gasteiger partial charge in [-0.1, -0.05) is 36.4 Å². The molecule has 2 aromatic rings. The van der Waals surface area contributed by atoms with E-state index in [2.05, 4.69) is 15.1 Å². The maximum atomic E-state index is 13.2. The van der Waals surface area contributed by atoms with E-state index in [1.165, 1.54) is 12.1 Å². The van der Waals surface area contributed by atoms with E-state index < -0.39 is 6.10 Å². The Hall–Kier alpha value is -2.28. The zero-order valence-corrected chi connectivity index (χ0v) is 14.6. The molecule has 0 aliphatic carbocycles. The van der Waals surface area contributed by atoms with E-state index in [4.69, 9.17) is 0 Å². The lowest BCUT2D eigenvalue weighted by atomic mass is 10.1. The molecule has 1 unspecified atom stereocenters. The zero-order valence-electron chi connectivity index (χ0n) is 14.6. The third kappa shape index (κ3) is 5.36. The van der Waals surface area contributed by atoms with Gasteiger partial charge in [0.05, 0.1) is 12.6 Å². The van der Waals surface area contributed by atoms with Gasteiger partial charge in [0.2, 0.25) is 5.91 Å². The van der Waals surface area contributed by atoms with Crippen molar-refractivity contribution in [2.75, 3.05) is 44.6 Å². The van der Waals surface area contributed by atoms with Gasteiger partial charge in [0.15, 0.2) is 0 Å². The van der Waals surface area contributed by atoms with Crippen LogP contribution in [0.2, 0.25) is 0 Å². The zero-order chi connectivity index (χ0) is 18.4. The van der Waals surface area contributed by atoms with Crippen LogP contribution in [0.25, 0.3) is 0 Å². The van der Waals surface area contributed by atoms with Gasteiger partial charge in [-0.2, -0.15) is 0 Å². The molecule has 2 aromatic carbocycles. The first kappa shape index (κ1) is 18.5. The Morgan fingerprint density at radius 1 is 1.04 bits per heavy atom. The fourth-order valence-corrected chi connectivity index (χ4v) is 3.12. The van der Waals surface area contributed by atoms with Crippen LogP contribution in [-0.2, 0) is 4.79 Å². The molecule has 0 aromatic heterocycles. The normalized spacial score (nSPS) is 17.0. The van der Waals surface area contributed by atoms with Crippen molar-refractivity contribution >= 4 is 11.6 Å². The van der Waals surface area contributed by atoms with Gasteiger partial charge in [0, 0.05) is 38.4 Å². The minimum absolute atomic E-state index is 0.145. The number of aliphatic hydroxyl groups is 1. The van der Waals surface area contributed by atoms with Crippen LogP contribution >= 0.6 is 0 Å². The molecule has 3 rings (SSSR count). The number of piperazine rings is 1. The van der Waals surface area contributed by atoms with Gasteiger partial charge < -0.3 is 10.4 Å². The highest BCUT2D eigenvalue weighted by Crippen LogP contribution is 2.15. The largest absolute Gasteiger partial charge is 0.387 e. The minimum Gasteiger partial charge on any atom is -0.387 e. The second-order valence-corrected chi connectivity index (χ2v) is 6.56. The predicted molar refractivity (Wildman–Crippen MR) is 99.3 cm³/mol. The number of hydrogen-bond donors (Lipinski definition) is 2. The number of rotatable bonds is 6. The molecule has 1 aliphatic heterocycles. The molecule has 1 amide bonds. The van der Waals surface area contributed by atoms with Crippen molar-refractivity contribution in [3.63, 3.8) is 0 Å². The molecule has 0 spiro atoms. The van der Waals surface area contributed by atoms with E-state index in [9.17, 15) is 14.3 Å². The lowest BCUT2D eigenvalue weighted by Gasteiger charge is -2.35. The maximum Gasteiger partial charge on any atom is 0.238 e. The molecule has 2 N–H and O–H groups in total. The molecule has 1 fully saturated rings. The Bertz CT molecular complexity index is 718. The number of β-amino-alcohol motifs (C(OH)–C–C–N with tert-alkyl or cyclic N) is 1. The Balaban J connectivity index is 1.41. The van der Waals surface area contributed by atoms with E-state index in [1.54, 1.807) is 12.1 Å². The summed E-state index contributed by atoms with van der Waals surface area (Å²) >= 11 is 0. The van der Waals surface area contributed by atoms with Crippen LogP contribution in [0.4, 0.5) is 10.1 Å². The molecule has 1 heterocycles. The summed E-state index contributed by atoms with van der Waals surface area (Å²) in [7, 11) is 0. The van der Waals surface area contributed by atoms with Gasteiger partial charge in [0.25, 0.3) is 0 Å². The maximum absolute atomic E-state index is 13.2. The van der Waals surface area contributed by atoms with Gasteiger partial charge in [-0.15, -0.1) is 0 Å². The van der Waals surface area contributed by atoms with Crippen molar-refractivity contribution in [1.29, 1.82) is 0 Å². The topological polar surface area (TPSA) is 55.8 Å². The van der Waals surface area contributed by atoms with Crippen molar-refractivity contribution in [3.8, 4) is 0 Å². The van der Waals surface area contributed by atoms with E-state index in [1.807, 2.05) is 30.3 Å². The van der Waals surface area contributed by atoms with Crippen molar-refractivity contribution in [1.82, 2.24) is 9.80 Å². The number of anilines is 1. The highest BCUT2D eigenvalue weighted by Gasteiger charge is 2.21. The monoisotopic (exact) mass is 357 g/mol. The highest BCUT2D eigenvalue weighted by molar-refractivity contribution is 5.92. The van der Waals surface area contributed by atoms with Gasteiger partial charge in [-0.3, -0.25) is 14.6 Å². The van der Waals surface area contributed by atoms with Crippen LogP contribution in [0, 0.1) is 5.82 Å². The van der Waals surface area contributed by atoms with Gasteiger partial charge in [-0.25, -0.2) is 4.39 Å². The number of nitrogens with zero attached hydrogens (tertiary/aromatic N) is 2. The number of benzene rings is 2. The van der Waals surface area contributed by atoms with Crippen LogP contribution in [0.5, 0.6) is 0 Å². The SMILES string of the molecule is O=C(CN1CCN(CC(O)c2ccccc2)CC1)Nc1cccc(F)c1. The molecule has 6 heteroatoms. The van der Waals surface area contributed by atoms with Crippen molar-refractivity contribution in [2.45, 2.75) is 6.10 Å². The Kier molecular flexibility index (Phi) is 6.33. The van der Waals surface area contributed by atoms with Crippen LogP contribution in [0.3, 0.4) is 0 Å². The van der Waals surface area contributed by atoms with Crippen LogP contribution in [-0.4, -0.2) is 60.1 Å². The van der Waals surface area contributed by atoms with Crippen molar-refractivity contribution < 1.29 is 14.3 Å². The average Bonchev–Trinajstić information content (AvgIpc) is 2.64. The highest BCUT2D eigenvalue weighted by atomic mass is 19.1. The summed E-state index contributed by atoms with van der Waals surface area (Å²) < 4.78 is 13.2. The molecular weight excluding hydrogens is 333 g/mol. The number of hydrogen-bond acceptors (Lipinski definition) is 4. The molecule has 0 radical (unpaired) electrons. The molecule has 0 saturated carbocycles. The quantitative estimate of drug-likeness (QED) is 0.832. The first-order valence-electron chi connectivity index (χ1n) is 8.83. The van der Waals surface area contributed by atoms with Crippen LogP contribution in [0.15, 0.2) is 54.6 Å². The summed E-state index contributed by atoms with van der Waals surface area (Å²) in [4.78, 5) is 16.4. The molecule has 138 valence electrons. The number of amides is 1. The summed E-state index contributed by atoms with van der Waals surface area (Å²) in [5.41, 5.74) is 1.39. The summed E-state index contributed by atoms with van der Waals surface area (Å²) in [5, 5.41) is 13.0. The smallest absolute Gasteiger partial charge is 0.238 e. The van der Waals surface area contributed by atoms with Crippen LogP contribution in [0.1, 0.15) is 11.7 Å². The third-order valence-electron chi connectivity index (χ3n) is 4.56. The second-order valence-electron chi connectivity index (χ2n) is 6.56. The predicted octanol–water partition coefficient (Wildman–Crippen LogP) is 2.12. The molecule has 1 aliphatic rings. The Labute approximate surface area is 153 Å². The first-order valence-corrected chi connectivity index (χ1v) is 8.83. The summed E-state index contributed by atoms with van der Waals surface area (Å²) in [6, 6.07) is 15.5. The molecule has 5 nitrogen and oxygen atoms in total. The Morgan fingerprint density at radius 2 is 1.73 bits per heavy atom. The Morgan fingerprint density at radius 3 is 2.42 bits per heavy atom. The standard InChI is InChI=1S/C20H24FN3O2/c21-17-7-4-8-18(13-17)22-20(26)15-24-11-9-23(10-12-24)14-19(25)16-5-2-1-3-6-16/h1-8,13,19,25H,9-12,14-15H2,(H,22,26). The number of aliphatic hydroxyl groups excluding tert-OH is 1. The van der Waals surface area contributed by atoms with E-state index in [0.717, 1.165) is 31.7 Å².